The largest absolute Gasteiger partial charge is 0.369 e. The number of piperazine rings is 1. The minimum Gasteiger partial charge on any atom is -0.369 e. The smallest absolute Gasteiger partial charge is 0.343 e. The summed E-state index contributed by atoms with van der Waals surface area (Å²) in [4.78, 5) is 14.7. The number of benzene rings is 2. The van der Waals surface area contributed by atoms with Gasteiger partial charge in [0.1, 0.15) is 0 Å². The lowest BCUT2D eigenvalue weighted by atomic mass is 10.0. The Kier molecular flexibility index (Phi) is 7.63. The minimum absolute atomic E-state index is 0.430. The van der Waals surface area contributed by atoms with Gasteiger partial charge in [-0.25, -0.2) is 4.79 Å². The van der Waals surface area contributed by atoms with Crippen LogP contribution in [0.3, 0.4) is 0 Å². The number of anilines is 2. The van der Waals surface area contributed by atoms with Gasteiger partial charge >= 0.3 is 6.03 Å². The molecule has 0 unspecified atom stereocenters. The molecular formula is C21H25F2N7O. The number of carbonyl (C=O) groups excluding carboxylic acids is 1. The average molecular weight is 429 g/mol. The Morgan fingerprint density at radius 1 is 1.16 bits per heavy atom. The van der Waals surface area contributed by atoms with Crippen LogP contribution >= 0.6 is 0 Å². The summed E-state index contributed by atoms with van der Waals surface area (Å²) in [5.41, 5.74) is 15.4. The maximum absolute atomic E-state index is 12.8. The van der Waals surface area contributed by atoms with Gasteiger partial charge in [-0.2, -0.15) is 19.3 Å². The SMILES string of the molecule is N=NN(CC(CN)=C(F)F)C(=O)Nc1cccc(-c2ccc(N3CCNCC3)cc2)c1. The molecule has 1 saturated heterocycles. The Bertz CT molecular complexity index is 939. The van der Waals surface area contributed by atoms with E-state index in [0.717, 1.165) is 43.0 Å². The van der Waals surface area contributed by atoms with Crippen molar-refractivity contribution in [1.29, 1.82) is 5.53 Å². The number of hydrogen-bond acceptors (Lipinski definition) is 6. The van der Waals surface area contributed by atoms with Gasteiger partial charge in [-0.05, 0) is 35.4 Å². The van der Waals surface area contributed by atoms with E-state index in [1.165, 1.54) is 0 Å². The summed E-state index contributed by atoms with van der Waals surface area (Å²) in [6.45, 7) is 2.87. The molecule has 1 aliphatic rings. The average Bonchev–Trinajstić information content (AvgIpc) is 2.80. The topological polar surface area (TPSA) is 110 Å². The third kappa shape index (κ3) is 5.83. The molecule has 2 aromatic carbocycles. The molecule has 3 rings (SSSR count). The van der Waals surface area contributed by atoms with E-state index >= 15 is 0 Å². The van der Waals surface area contributed by atoms with Crippen molar-refractivity contribution < 1.29 is 13.6 Å². The Labute approximate surface area is 179 Å². The summed E-state index contributed by atoms with van der Waals surface area (Å²) >= 11 is 0. The number of nitrogens with one attached hydrogen (secondary N) is 3. The molecule has 0 spiro atoms. The molecule has 0 saturated carbocycles. The highest BCUT2D eigenvalue weighted by molar-refractivity contribution is 5.90. The van der Waals surface area contributed by atoms with Crippen LogP contribution in [0.5, 0.6) is 0 Å². The maximum Gasteiger partial charge on any atom is 0.343 e. The molecule has 8 nitrogen and oxygen atoms in total. The normalized spacial score (nSPS) is 13.5. The second kappa shape index (κ2) is 10.6. The molecule has 10 heteroatoms. The molecular weight excluding hydrogens is 404 g/mol. The summed E-state index contributed by atoms with van der Waals surface area (Å²) in [6, 6.07) is 14.5. The molecule has 2 aromatic rings. The quantitative estimate of drug-likeness (QED) is 0.398. The highest BCUT2D eigenvalue weighted by Gasteiger charge is 2.17. The lowest BCUT2D eigenvalue weighted by Gasteiger charge is -2.29. The fourth-order valence-electron chi connectivity index (χ4n) is 3.29. The van der Waals surface area contributed by atoms with Crippen molar-refractivity contribution in [3.8, 4) is 11.1 Å². The van der Waals surface area contributed by atoms with Gasteiger partial charge < -0.3 is 21.3 Å². The summed E-state index contributed by atoms with van der Waals surface area (Å²) in [5, 5.41) is 9.54. The predicted octanol–water partition coefficient (Wildman–Crippen LogP) is 3.65. The van der Waals surface area contributed by atoms with Crippen molar-refractivity contribution >= 4 is 17.4 Å². The minimum atomic E-state index is -1.98. The predicted molar refractivity (Wildman–Crippen MR) is 116 cm³/mol. The molecule has 1 aliphatic heterocycles. The van der Waals surface area contributed by atoms with Crippen LogP contribution in [0, 0.1) is 5.53 Å². The van der Waals surface area contributed by atoms with Crippen LogP contribution < -0.4 is 21.3 Å². The van der Waals surface area contributed by atoms with Crippen molar-refractivity contribution in [3.05, 3.63) is 60.2 Å². The van der Waals surface area contributed by atoms with Crippen LogP contribution in [0.25, 0.3) is 11.1 Å². The summed E-state index contributed by atoms with van der Waals surface area (Å²) < 4.78 is 25.6. The first-order valence-corrected chi connectivity index (χ1v) is 9.87. The maximum atomic E-state index is 12.8. The van der Waals surface area contributed by atoms with Crippen LogP contribution in [0.1, 0.15) is 0 Å². The first-order valence-electron chi connectivity index (χ1n) is 9.87. The van der Waals surface area contributed by atoms with Crippen molar-refractivity contribution in [2.75, 3.05) is 49.5 Å². The number of rotatable bonds is 7. The molecule has 31 heavy (non-hydrogen) atoms. The standard InChI is InChI=1S/C21H25F2N7O/c22-20(23)17(13-24)14-30(28-25)21(31)27-18-3-1-2-16(12-18)15-4-6-19(7-5-15)29-10-8-26-9-11-29/h1-7,12,25-26H,8-11,13-14,24H2,(H,27,31). The molecule has 0 bridgehead atoms. The van der Waals surface area contributed by atoms with Gasteiger partial charge in [-0.1, -0.05) is 29.5 Å². The summed E-state index contributed by atoms with van der Waals surface area (Å²) in [5.74, 6) is 0. The van der Waals surface area contributed by atoms with Gasteiger partial charge in [0, 0.05) is 49.7 Å². The Morgan fingerprint density at radius 2 is 1.87 bits per heavy atom. The Balaban J connectivity index is 1.70. The number of nitrogens with zero attached hydrogens (tertiary/aromatic N) is 3. The Morgan fingerprint density at radius 3 is 2.48 bits per heavy atom. The first kappa shape index (κ1) is 22.3. The highest BCUT2D eigenvalue weighted by Crippen LogP contribution is 2.26. The van der Waals surface area contributed by atoms with Gasteiger partial charge in [-0.3, -0.25) is 0 Å². The molecule has 1 heterocycles. The van der Waals surface area contributed by atoms with E-state index in [0.29, 0.717) is 10.7 Å². The van der Waals surface area contributed by atoms with Crippen molar-refractivity contribution in [1.82, 2.24) is 10.3 Å². The van der Waals surface area contributed by atoms with Gasteiger partial charge in [0.2, 0.25) is 0 Å². The van der Waals surface area contributed by atoms with Crippen LogP contribution in [-0.2, 0) is 0 Å². The van der Waals surface area contributed by atoms with Crippen LogP contribution in [0.2, 0.25) is 0 Å². The summed E-state index contributed by atoms with van der Waals surface area (Å²) in [7, 11) is 0. The van der Waals surface area contributed by atoms with E-state index in [1.54, 1.807) is 18.2 Å². The van der Waals surface area contributed by atoms with E-state index in [-0.39, 0.29) is 0 Å². The molecule has 0 aliphatic carbocycles. The monoisotopic (exact) mass is 429 g/mol. The van der Waals surface area contributed by atoms with Crippen molar-refractivity contribution in [2.24, 2.45) is 11.0 Å². The zero-order valence-corrected chi connectivity index (χ0v) is 16.9. The van der Waals surface area contributed by atoms with Crippen molar-refractivity contribution in [3.63, 3.8) is 0 Å². The lowest BCUT2D eigenvalue weighted by molar-refractivity contribution is 0.211. The summed E-state index contributed by atoms with van der Waals surface area (Å²) in [6.07, 6.45) is -1.98. The fourth-order valence-corrected chi connectivity index (χ4v) is 3.29. The van der Waals surface area contributed by atoms with Crippen LogP contribution in [-0.4, -0.2) is 50.3 Å². The van der Waals surface area contributed by atoms with E-state index < -0.39 is 30.8 Å². The molecule has 0 radical (unpaired) electrons. The number of nitrogens with two attached hydrogens (primary N) is 1. The molecule has 1 fully saturated rings. The van der Waals surface area contributed by atoms with E-state index in [2.05, 4.69) is 32.9 Å². The molecule has 0 atom stereocenters. The number of hydrogen-bond donors (Lipinski definition) is 4. The third-order valence-electron chi connectivity index (χ3n) is 5.01. The van der Waals surface area contributed by atoms with Crippen LogP contribution in [0.4, 0.5) is 25.0 Å². The molecule has 5 N–H and O–H groups in total. The number of urea groups is 1. The fraction of sp³-hybridized carbons (Fsp3) is 0.286. The van der Waals surface area contributed by atoms with Gasteiger partial charge in [0.05, 0.1) is 6.54 Å². The second-order valence-corrected chi connectivity index (χ2v) is 7.02. The van der Waals surface area contributed by atoms with Crippen molar-refractivity contribution in [2.45, 2.75) is 0 Å². The van der Waals surface area contributed by atoms with Gasteiger partial charge in [-0.15, -0.1) is 0 Å². The Hall–Kier alpha value is -3.37. The third-order valence-corrected chi connectivity index (χ3v) is 5.01. The van der Waals surface area contributed by atoms with Gasteiger partial charge in [0.15, 0.2) is 0 Å². The van der Waals surface area contributed by atoms with E-state index in [9.17, 15) is 13.6 Å². The van der Waals surface area contributed by atoms with E-state index in [4.69, 9.17) is 11.3 Å². The number of amides is 2. The van der Waals surface area contributed by atoms with E-state index in [1.807, 2.05) is 18.2 Å². The first-order chi connectivity index (χ1) is 15.0. The second-order valence-electron chi connectivity index (χ2n) is 7.02. The van der Waals surface area contributed by atoms with Crippen LogP contribution in [0.15, 0.2) is 65.4 Å². The zero-order valence-electron chi connectivity index (χ0n) is 16.9. The highest BCUT2D eigenvalue weighted by atomic mass is 19.3. The number of carbonyl (C=O) groups is 1. The molecule has 0 aromatic heterocycles. The molecule has 2 amide bonds. The zero-order chi connectivity index (χ0) is 22.2. The lowest BCUT2D eigenvalue weighted by Crippen LogP contribution is -2.43. The van der Waals surface area contributed by atoms with Gasteiger partial charge in [0.25, 0.3) is 6.08 Å². The molecule has 164 valence electrons. The number of halogens is 2.